The minimum absolute atomic E-state index is 0.824. The number of hydrogen-bond acceptors (Lipinski definition) is 1. The van der Waals surface area contributed by atoms with Crippen molar-refractivity contribution in [3.63, 3.8) is 0 Å². The second kappa shape index (κ2) is 2.29. The van der Waals surface area contributed by atoms with E-state index in [9.17, 15) is 0 Å². The lowest BCUT2D eigenvalue weighted by molar-refractivity contribution is 0.662. The SMILES string of the molecule is CCC1=NCC(C)C1. The minimum Gasteiger partial charge on any atom is -0.294 e. The summed E-state index contributed by atoms with van der Waals surface area (Å²) >= 11 is 0. The zero-order valence-electron chi connectivity index (χ0n) is 5.65. The van der Waals surface area contributed by atoms with Crippen LogP contribution in [0.3, 0.4) is 0 Å². The molecular formula is C7H13N. The van der Waals surface area contributed by atoms with Gasteiger partial charge >= 0.3 is 0 Å². The summed E-state index contributed by atoms with van der Waals surface area (Å²) in [5, 5.41) is 0. The Balaban J connectivity index is 2.37. The fraction of sp³-hybridized carbons (Fsp3) is 0.857. The minimum atomic E-state index is 0.824. The van der Waals surface area contributed by atoms with Gasteiger partial charge < -0.3 is 0 Å². The molecule has 1 aliphatic heterocycles. The highest BCUT2D eigenvalue weighted by atomic mass is 14.8. The Morgan fingerprint density at radius 1 is 1.75 bits per heavy atom. The molecule has 0 bridgehead atoms. The normalized spacial score (nSPS) is 28.2. The van der Waals surface area contributed by atoms with Gasteiger partial charge in [0.05, 0.1) is 0 Å². The predicted molar refractivity (Wildman–Crippen MR) is 36.4 cm³/mol. The molecule has 0 aromatic heterocycles. The van der Waals surface area contributed by atoms with Crippen molar-refractivity contribution in [3.8, 4) is 0 Å². The highest BCUT2D eigenvalue weighted by Gasteiger charge is 2.10. The van der Waals surface area contributed by atoms with Crippen molar-refractivity contribution in [1.29, 1.82) is 0 Å². The van der Waals surface area contributed by atoms with Crippen LogP contribution in [0.2, 0.25) is 0 Å². The summed E-state index contributed by atoms with van der Waals surface area (Å²) in [4.78, 5) is 4.35. The van der Waals surface area contributed by atoms with E-state index in [0.717, 1.165) is 18.9 Å². The summed E-state index contributed by atoms with van der Waals surface area (Å²) in [6, 6.07) is 0. The van der Waals surface area contributed by atoms with Crippen molar-refractivity contribution in [2.24, 2.45) is 10.9 Å². The molecule has 1 aliphatic rings. The Bertz CT molecular complexity index is 105. The Hall–Kier alpha value is -0.330. The highest BCUT2D eigenvalue weighted by molar-refractivity contribution is 5.85. The summed E-state index contributed by atoms with van der Waals surface area (Å²) in [5.74, 6) is 0.824. The topological polar surface area (TPSA) is 12.4 Å². The summed E-state index contributed by atoms with van der Waals surface area (Å²) in [7, 11) is 0. The van der Waals surface area contributed by atoms with Gasteiger partial charge in [-0.3, -0.25) is 4.99 Å². The van der Waals surface area contributed by atoms with Gasteiger partial charge in [-0.15, -0.1) is 0 Å². The third kappa shape index (κ3) is 1.09. The van der Waals surface area contributed by atoms with Gasteiger partial charge in [0.25, 0.3) is 0 Å². The van der Waals surface area contributed by atoms with Crippen LogP contribution in [0.25, 0.3) is 0 Å². The molecular weight excluding hydrogens is 98.1 g/mol. The van der Waals surface area contributed by atoms with E-state index < -0.39 is 0 Å². The van der Waals surface area contributed by atoms with Crippen LogP contribution in [0.15, 0.2) is 4.99 Å². The van der Waals surface area contributed by atoms with Gasteiger partial charge in [0, 0.05) is 12.3 Å². The van der Waals surface area contributed by atoms with E-state index in [4.69, 9.17) is 0 Å². The Labute approximate surface area is 50.8 Å². The molecule has 0 saturated carbocycles. The maximum atomic E-state index is 4.35. The average molecular weight is 111 g/mol. The van der Waals surface area contributed by atoms with E-state index in [0.29, 0.717) is 0 Å². The average Bonchev–Trinajstić information content (AvgIpc) is 2.14. The standard InChI is InChI=1S/C7H13N/c1-3-7-4-6(2)5-8-7/h6H,3-5H2,1-2H3. The molecule has 0 spiro atoms. The predicted octanol–water partition coefficient (Wildman–Crippen LogP) is 1.88. The molecule has 0 amide bonds. The largest absolute Gasteiger partial charge is 0.294 e. The van der Waals surface area contributed by atoms with Gasteiger partial charge in [0.15, 0.2) is 0 Å². The quantitative estimate of drug-likeness (QED) is 0.490. The summed E-state index contributed by atoms with van der Waals surface area (Å²) < 4.78 is 0. The van der Waals surface area contributed by atoms with Gasteiger partial charge in [-0.1, -0.05) is 13.8 Å². The fourth-order valence-corrected chi connectivity index (χ4v) is 1.07. The smallest absolute Gasteiger partial charge is 0.0417 e. The van der Waals surface area contributed by atoms with Crippen molar-refractivity contribution < 1.29 is 0 Å². The second-order valence-electron chi connectivity index (χ2n) is 2.57. The zero-order valence-corrected chi connectivity index (χ0v) is 5.65. The first-order valence-corrected chi connectivity index (χ1v) is 3.35. The Kier molecular flexibility index (Phi) is 1.66. The number of rotatable bonds is 1. The first-order valence-electron chi connectivity index (χ1n) is 3.35. The number of hydrogen-bond donors (Lipinski definition) is 0. The van der Waals surface area contributed by atoms with E-state index in [1.165, 1.54) is 12.1 Å². The molecule has 1 heteroatoms. The van der Waals surface area contributed by atoms with Gasteiger partial charge in [-0.2, -0.15) is 0 Å². The lowest BCUT2D eigenvalue weighted by atomic mass is 10.1. The van der Waals surface area contributed by atoms with Crippen molar-refractivity contribution in [1.82, 2.24) is 0 Å². The summed E-state index contributed by atoms with van der Waals surface area (Å²) in [6.07, 6.45) is 2.40. The van der Waals surface area contributed by atoms with Gasteiger partial charge in [0.1, 0.15) is 0 Å². The molecule has 0 aliphatic carbocycles. The maximum Gasteiger partial charge on any atom is 0.0417 e. The molecule has 0 aromatic rings. The highest BCUT2D eigenvalue weighted by Crippen LogP contribution is 2.13. The van der Waals surface area contributed by atoms with Crippen LogP contribution in [0.4, 0.5) is 0 Å². The number of aliphatic imine (C=N–C) groups is 1. The van der Waals surface area contributed by atoms with Crippen LogP contribution in [0, 0.1) is 5.92 Å². The second-order valence-corrected chi connectivity index (χ2v) is 2.57. The Morgan fingerprint density at radius 3 is 2.75 bits per heavy atom. The lowest BCUT2D eigenvalue weighted by Crippen LogP contribution is -1.94. The summed E-state index contributed by atoms with van der Waals surface area (Å²) in [6.45, 7) is 5.51. The molecule has 1 atom stereocenters. The van der Waals surface area contributed by atoms with E-state index in [-0.39, 0.29) is 0 Å². The van der Waals surface area contributed by atoms with Gasteiger partial charge in [-0.25, -0.2) is 0 Å². The molecule has 1 rings (SSSR count). The van der Waals surface area contributed by atoms with E-state index in [1.54, 1.807) is 0 Å². The summed E-state index contributed by atoms with van der Waals surface area (Å²) in [5.41, 5.74) is 1.41. The molecule has 0 saturated heterocycles. The van der Waals surface area contributed by atoms with Crippen LogP contribution in [-0.4, -0.2) is 12.3 Å². The van der Waals surface area contributed by atoms with Crippen LogP contribution in [-0.2, 0) is 0 Å². The van der Waals surface area contributed by atoms with Crippen LogP contribution in [0.5, 0.6) is 0 Å². The van der Waals surface area contributed by atoms with Gasteiger partial charge in [-0.05, 0) is 18.8 Å². The third-order valence-electron chi connectivity index (χ3n) is 1.62. The maximum absolute atomic E-state index is 4.35. The molecule has 1 unspecified atom stereocenters. The molecule has 1 heterocycles. The third-order valence-corrected chi connectivity index (χ3v) is 1.62. The molecule has 1 nitrogen and oxygen atoms in total. The van der Waals surface area contributed by atoms with E-state index in [2.05, 4.69) is 18.8 Å². The molecule has 0 fully saturated rings. The lowest BCUT2D eigenvalue weighted by Gasteiger charge is -1.94. The molecule has 0 radical (unpaired) electrons. The Morgan fingerprint density at radius 2 is 2.50 bits per heavy atom. The van der Waals surface area contributed by atoms with Crippen molar-refractivity contribution in [2.75, 3.05) is 6.54 Å². The zero-order chi connectivity index (χ0) is 5.98. The number of nitrogens with zero attached hydrogens (tertiary/aromatic N) is 1. The van der Waals surface area contributed by atoms with Crippen LogP contribution < -0.4 is 0 Å². The van der Waals surface area contributed by atoms with E-state index >= 15 is 0 Å². The first-order chi connectivity index (χ1) is 3.83. The van der Waals surface area contributed by atoms with Crippen molar-refractivity contribution >= 4 is 5.71 Å². The van der Waals surface area contributed by atoms with E-state index in [1.807, 2.05) is 0 Å². The van der Waals surface area contributed by atoms with Gasteiger partial charge in [0.2, 0.25) is 0 Å². The fourth-order valence-electron chi connectivity index (χ4n) is 1.07. The molecule has 46 valence electrons. The molecule has 0 N–H and O–H groups in total. The molecule has 8 heavy (non-hydrogen) atoms. The van der Waals surface area contributed by atoms with Crippen LogP contribution in [0.1, 0.15) is 26.7 Å². The van der Waals surface area contributed by atoms with Crippen LogP contribution >= 0.6 is 0 Å². The monoisotopic (exact) mass is 111 g/mol. The van der Waals surface area contributed by atoms with Crippen molar-refractivity contribution in [3.05, 3.63) is 0 Å². The molecule has 0 aromatic carbocycles. The first kappa shape index (κ1) is 5.80. The van der Waals surface area contributed by atoms with Crippen molar-refractivity contribution in [2.45, 2.75) is 26.7 Å².